The third-order valence-corrected chi connectivity index (χ3v) is 2.32. The van der Waals surface area contributed by atoms with Crippen LogP contribution in [0, 0.1) is 11.8 Å². The molecular formula is C11H18N2. The van der Waals surface area contributed by atoms with Crippen LogP contribution in [0.4, 0.5) is 0 Å². The Morgan fingerprint density at radius 1 is 0.923 bits per heavy atom. The summed E-state index contributed by atoms with van der Waals surface area (Å²) in [5.41, 5.74) is 0. The minimum atomic E-state index is 0.473. The van der Waals surface area contributed by atoms with Crippen molar-refractivity contribution in [2.24, 2.45) is 11.8 Å². The van der Waals surface area contributed by atoms with Gasteiger partial charge in [-0.3, -0.25) is 0 Å². The highest BCUT2D eigenvalue weighted by molar-refractivity contribution is 4.99. The Labute approximate surface area is 80.4 Å². The second-order valence-electron chi connectivity index (χ2n) is 4.12. The Bertz CT molecular complexity index is 234. The molecule has 1 heterocycles. The number of rotatable bonds is 3. The molecule has 2 nitrogen and oxygen atoms in total. The Balaban J connectivity index is 2.89. The zero-order valence-corrected chi connectivity index (χ0v) is 8.86. The van der Waals surface area contributed by atoms with Crippen LogP contribution in [0.1, 0.15) is 39.4 Å². The molecule has 2 heteroatoms. The average molecular weight is 178 g/mol. The van der Waals surface area contributed by atoms with E-state index in [0.29, 0.717) is 17.8 Å². The van der Waals surface area contributed by atoms with E-state index in [4.69, 9.17) is 0 Å². The van der Waals surface area contributed by atoms with Crippen LogP contribution in [-0.4, -0.2) is 9.97 Å². The molecule has 0 aliphatic carbocycles. The topological polar surface area (TPSA) is 25.8 Å². The molecule has 0 spiro atoms. The van der Waals surface area contributed by atoms with Gasteiger partial charge in [-0.25, -0.2) is 9.97 Å². The van der Waals surface area contributed by atoms with Crippen LogP contribution in [0.3, 0.4) is 0 Å². The predicted octanol–water partition coefficient (Wildman–Crippen LogP) is 2.87. The first kappa shape index (κ1) is 10.2. The van der Waals surface area contributed by atoms with Crippen molar-refractivity contribution in [2.45, 2.75) is 33.6 Å². The molecule has 0 amide bonds. The fraction of sp³-hybridized carbons (Fsp3) is 0.636. The molecule has 13 heavy (non-hydrogen) atoms. The van der Waals surface area contributed by atoms with E-state index >= 15 is 0 Å². The van der Waals surface area contributed by atoms with E-state index in [2.05, 4.69) is 37.7 Å². The maximum absolute atomic E-state index is 4.31. The number of nitrogens with zero attached hydrogens (tertiary/aromatic N) is 2. The van der Waals surface area contributed by atoms with E-state index in [1.165, 1.54) is 0 Å². The van der Waals surface area contributed by atoms with E-state index in [9.17, 15) is 0 Å². The molecule has 1 aromatic rings. The highest BCUT2D eigenvalue weighted by Gasteiger charge is 2.21. The molecule has 72 valence electrons. The fourth-order valence-corrected chi connectivity index (χ4v) is 1.85. The van der Waals surface area contributed by atoms with Gasteiger partial charge in [0.1, 0.15) is 5.82 Å². The molecule has 0 aliphatic heterocycles. The molecule has 0 fully saturated rings. The molecule has 0 unspecified atom stereocenters. The van der Waals surface area contributed by atoms with Gasteiger partial charge in [0.05, 0.1) is 0 Å². The van der Waals surface area contributed by atoms with Gasteiger partial charge in [-0.05, 0) is 17.9 Å². The highest BCUT2D eigenvalue weighted by atomic mass is 14.9. The van der Waals surface area contributed by atoms with Gasteiger partial charge >= 0.3 is 0 Å². The molecule has 0 N–H and O–H groups in total. The van der Waals surface area contributed by atoms with Crippen molar-refractivity contribution < 1.29 is 0 Å². The largest absolute Gasteiger partial charge is 0.241 e. The molecule has 0 aromatic carbocycles. The Morgan fingerprint density at radius 3 is 1.77 bits per heavy atom. The Kier molecular flexibility index (Phi) is 3.40. The van der Waals surface area contributed by atoms with Crippen molar-refractivity contribution in [3.63, 3.8) is 0 Å². The van der Waals surface area contributed by atoms with Crippen molar-refractivity contribution in [3.8, 4) is 0 Å². The molecular weight excluding hydrogens is 160 g/mol. The fourth-order valence-electron chi connectivity index (χ4n) is 1.85. The maximum Gasteiger partial charge on any atom is 0.131 e. The van der Waals surface area contributed by atoms with E-state index in [0.717, 1.165) is 5.82 Å². The summed E-state index contributed by atoms with van der Waals surface area (Å²) >= 11 is 0. The zero-order chi connectivity index (χ0) is 9.84. The second kappa shape index (κ2) is 4.35. The first-order valence-corrected chi connectivity index (χ1v) is 4.90. The third kappa shape index (κ3) is 2.51. The molecule has 0 aliphatic rings. The van der Waals surface area contributed by atoms with Gasteiger partial charge < -0.3 is 0 Å². The standard InChI is InChI=1S/C11H18N2/c1-8(2)10(9(3)4)11-12-6-5-7-13-11/h5-10H,1-4H3. The Morgan fingerprint density at radius 2 is 1.38 bits per heavy atom. The first-order chi connectivity index (χ1) is 6.13. The lowest BCUT2D eigenvalue weighted by molar-refractivity contribution is 0.371. The second-order valence-corrected chi connectivity index (χ2v) is 4.12. The summed E-state index contributed by atoms with van der Waals surface area (Å²) in [5, 5.41) is 0. The van der Waals surface area contributed by atoms with Gasteiger partial charge in [0.2, 0.25) is 0 Å². The van der Waals surface area contributed by atoms with E-state index in [-0.39, 0.29) is 0 Å². The van der Waals surface area contributed by atoms with Crippen molar-refractivity contribution in [3.05, 3.63) is 24.3 Å². The number of hydrogen-bond donors (Lipinski definition) is 0. The minimum Gasteiger partial charge on any atom is -0.241 e. The first-order valence-electron chi connectivity index (χ1n) is 4.90. The van der Waals surface area contributed by atoms with E-state index in [1.54, 1.807) is 0 Å². The van der Waals surface area contributed by atoms with Crippen LogP contribution >= 0.6 is 0 Å². The quantitative estimate of drug-likeness (QED) is 0.711. The van der Waals surface area contributed by atoms with Crippen molar-refractivity contribution in [2.75, 3.05) is 0 Å². The average Bonchev–Trinajstić information content (AvgIpc) is 2.04. The summed E-state index contributed by atoms with van der Waals surface area (Å²) in [5.74, 6) is 2.65. The summed E-state index contributed by atoms with van der Waals surface area (Å²) in [6.07, 6.45) is 3.64. The van der Waals surface area contributed by atoms with Gasteiger partial charge in [-0.2, -0.15) is 0 Å². The van der Waals surface area contributed by atoms with Crippen LogP contribution < -0.4 is 0 Å². The third-order valence-electron chi connectivity index (χ3n) is 2.32. The lowest BCUT2D eigenvalue weighted by atomic mass is 9.85. The normalized spacial score (nSPS) is 11.6. The molecule has 0 radical (unpaired) electrons. The van der Waals surface area contributed by atoms with Gasteiger partial charge in [-0.15, -0.1) is 0 Å². The summed E-state index contributed by atoms with van der Waals surface area (Å²) in [7, 11) is 0. The van der Waals surface area contributed by atoms with Gasteiger partial charge in [0.15, 0.2) is 0 Å². The maximum atomic E-state index is 4.31. The van der Waals surface area contributed by atoms with Crippen molar-refractivity contribution in [1.29, 1.82) is 0 Å². The molecule has 0 saturated heterocycles. The van der Waals surface area contributed by atoms with Gasteiger partial charge in [-0.1, -0.05) is 27.7 Å². The molecule has 0 bridgehead atoms. The number of hydrogen-bond acceptors (Lipinski definition) is 2. The van der Waals surface area contributed by atoms with E-state index in [1.807, 2.05) is 18.5 Å². The summed E-state index contributed by atoms with van der Waals surface area (Å²) in [6.45, 7) is 8.89. The van der Waals surface area contributed by atoms with Crippen molar-refractivity contribution in [1.82, 2.24) is 9.97 Å². The van der Waals surface area contributed by atoms with Crippen LogP contribution in [-0.2, 0) is 0 Å². The summed E-state index contributed by atoms with van der Waals surface area (Å²) in [6, 6.07) is 1.86. The predicted molar refractivity (Wildman–Crippen MR) is 54.4 cm³/mol. The molecule has 1 rings (SSSR count). The smallest absolute Gasteiger partial charge is 0.131 e. The molecule has 1 aromatic heterocycles. The summed E-state index contributed by atoms with van der Waals surface area (Å²) < 4.78 is 0. The number of aromatic nitrogens is 2. The summed E-state index contributed by atoms with van der Waals surface area (Å²) in [4.78, 5) is 8.62. The van der Waals surface area contributed by atoms with Gasteiger partial charge in [0, 0.05) is 18.3 Å². The lowest BCUT2D eigenvalue weighted by Gasteiger charge is -2.22. The van der Waals surface area contributed by atoms with E-state index < -0.39 is 0 Å². The van der Waals surface area contributed by atoms with Crippen LogP contribution in [0.15, 0.2) is 18.5 Å². The van der Waals surface area contributed by atoms with Crippen LogP contribution in [0.2, 0.25) is 0 Å². The SMILES string of the molecule is CC(C)C(c1ncccn1)C(C)C. The van der Waals surface area contributed by atoms with Gasteiger partial charge in [0.25, 0.3) is 0 Å². The molecule has 0 saturated carbocycles. The monoisotopic (exact) mass is 178 g/mol. The van der Waals surface area contributed by atoms with Crippen molar-refractivity contribution >= 4 is 0 Å². The Hall–Kier alpha value is -0.920. The lowest BCUT2D eigenvalue weighted by Crippen LogP contribution is -2.16. The zero-order valence-electron chi connectivity index (χ0n) is 8.86. The molecule has 0 atom stereocenters. The highest BCUT2D eigenvalue weighted by Crippen LogP contribution is 2.28. The van der Waals surface area contributed by atoms with Crippen LogP contribution in [0.25, 0.3) is 0 Å². The minimum absolute atomic E-state index is 0.473. The van der Waals surface area contributed by atoms with Crippen LogP contribution in [0.5, 0.6) is 0 Å².